The predicted molar refractivity (Wildman–Crippen MR) is 202 cm³/mol. The topological polar surface area (TPSA) is 76.7 Å². The monoisotopic (exact) mass is 786 g/mol. The number of benzene rings is 4. The van der Waals surface area contributed by atoms with Crippen molar-refractivity contribution in [3.05, 3.63) is 164 Å². The van der Waals surface area contributed by atoms with Crippen LogP contribution in [0.15, 0.2) is 129 Å². The number of ether oxygens (including phenoxy) is 2. The van der Waals surface area contributed by atoms with E-state index in [9.17, 15) is 9.59 Å². The van der Waals surface area contributed by atoms with Crippen LogP contribution in [0.25, 0.3) is 0 Å². The van der Waals surface area contributed by atoms with Gasteiger partial charge in [0.2, 0.25) is 0 Å². The van der Waals surface area contributed by atoms with E-state index in [-0.39, 0.29) is 44.8 Å². The first-order chi connectivity index (χ1) is 26.8. The average molecular weight is 787 g/mol. The van der Waals surface area contributed by atoms with E-state index in [1.165, 1.54) is 24.3 Å². The summed E-state index contributed by atoms with van der Waals surface area (Å²) in [5.74, 6) is -2.41. The zero-order valence-electron chi connectivity index (χ0n) is 30.3. The van der Waals surface area contributed by atoms with Crippen molar-refractivity contribution in [2.75, 3.05) is 13.1 Å². The summed E-state index contributed by atoms with van der Waals surface area (Å²) in [6.07, 6.45) is 12.6. The third-order valence-electron chi connectivity index (χ3n) is 9.79. The fourth-order valence-corrected chi connectivity index (χ4v) is 15.6. The number of amides is 2. The Hall–Kier alpha value is -5.19. The van der Waals surface area contributed by atoms with Crippen molar-refractivity contribution >= 4 is 19.9 Å². The molecule has 2 aliphatic carbocycles. The van der Waals surface area contributed by atoms with E-state index in [0.717, 1.165) is 0 Å². The maximum absolute atomic E-state index is 17.1. The summed E-state index contributed by atoms with van der Waals surface area (Å²) >= 11 is -4.98. The molecule has 4 aromatic carbocycles. The number of hydrogen-bond donors (Lipinski definition) is 2. The van der Waals surface area contributed by atoms with Crippen molar-refractivity contribution in [2.24, 2.45) is 0 Å². The maximum atomic E-state index is 17.1. The summed E-state index contributed by atoms with van der Waals surface area (Å²) in [7, 11) is 0. The first-order valence-electron chi connectivity index (χ1n) is 18.5. The van der Waals surface area contributed by atoms with E-state index >= 15 is 17.6 Å². The van der Waals surface area contributed by atoms with Gasteiger partial charge in [-0.3, -0.25) is 0 Å². The summed E-state index contributed by atoms with van der Waals surface area (Å²) in [6, 6.07) is 22.5. The molecule has 0 radical (unpaired) electrons. The minimum atomic E-state index is -4.98. The molecule has 0 saturated heterocycles. The van der Waals surface area contributed by atoms with Gasteiger partial charge in [0.05, 0.1) is 0 Å². The van der Waals surface area contributed by atoms with Gasteiger partial charge in [0, 0.05) is 0 Å². The van der Waals surface area contributed by atoms with E-state index in [4.69, 9.17) is 9.47 Å². The van der Waals surface area contributed by atoms with E-state index in [0.29, 0.717) is 57.8 Å². The van der Waals surface area contributed by atoms with Crippen molar-refractivity contribution in [2.45, 2.75) is 51.4 Å². The molecule has 2 aliphatic rings. The summed E-state index contributed by atoms with van der Waals surface area (Å²) < 4.78 is 78.4. The molecule has 55 heavy (non-hydrogen) atoms. The SMILES string of the molecule is O=C(NCCCCc1ccc(F)[c]([Ti]([C]2=CC=CC2)([C]2=CC=CC2)[c]2c(F)ccc(CCCCNC(=O)Oc3ccccc3)c2F)c1F)Oc1ccccc1. The van der Waals surface area contributed by atoms with E-state index in [1.807, 2.05) is 24.3 Å². The van der Waals surface area contributed by atoms with E-state index in [2.05, 4.69) is 10.6 Å². The Morgan fingerprint density at radius 2 is 0.982 bits per heavy atom. The van der Waals surface area contributed by atoms with Crippen molar-refractivity contribution < 1.29 is 53.2 Å². The molecule has 6 nitrogen and oxygen atoms in total. The molecule has 0 bridgehead atoms. The van der Waals surface area contributed by atoms with Gasteiger partial charge in [-0.2, -0.15) is 0 Å². The van der Waals surface area contributed by atoms with Crippen LogP contribution in [0.1, 0.15) is 49.7 Å². The smallest absolute Gasteiger partial charge is 0.0620 e. The molecule has 2 N–H and O–H groups in total. The molecule has 0 aromatic heterocycles. The summed E-state index contributed by atoms with van der Waals surface area (Å²) in [6.45, 7) is 0.550. The number of nitrogens with one attached hydrogen (secondary N) is 2. The van der Waals surface area contributed by atoms with E-state index < -0.39 is 52.0 Å². The van der Waals surface area contributed by atoms with Gasteiger partial charge >= 0.3 is 287 Å². The van der Waals surface area contributed by atoms with Crippen molar-refractivity contribution in [3.63, 3.8) is 0 Å². The number of para-hydroxylation sites is 2. The molecule has 0 heterocycles. The van der Waals surface area contributed by atoms with Gasteiger partial charge in [0.25, 0.3) is 0 Å². The molecule has 284 valence electrons. The zero-order valence-corrected chi connectivity index (χ0v) is 31.8. The van der Waals surface area contributed by atoms with Gasteiger partial charge in [0.15, 0.2) is 0 Å². The quantitative estimate of drug-likeness (QED) is 0.0675. The molecule has 4 aromatic rings. The Morgan fingerprint density at radius 3 is 1.36 bits per heavy atom. The molecule has 0 spiro atoms. The molecular formula is C44H42F4N2O4Ti. The summed E-state index contributed by atoms with van der Waals surface area (Å²) in [4.78, 5) is 24.4. The summed E-state index contributed by atoms with van der Waals surface area (Å²) in [5, 5.41) is 5.37. The van der Waals surface area contributed by atoms with Crippen molar-refractivity contribution in [1.82, 2.24) is 10.6 Å². The van der Waals surface area contributed by atoms with Crippen LogP contribution < -0.4 is 27.8 Å². The normalized spacial score (nSPS) is 13.4. The number of unbranched alkanes of at least 4 members (excludes halogenated alkanes) is 2. The standard InChI is InChI=1S/2C17H16F2NO2.2C5H5.Ti/c2*18-14-10-9-13(16(19)12-14)6-4-5-11-20-17(21)22-15-7-2-1-3-8-15;2*1-2-4-5-3-1;/h2*1-3,7-10H,4-6,11H2,(H,20,21);2*1-3H,4H2;. The summed E-state index contributed by atoms with van der Waals surface area (Å²) in [5.41, 5.74) is 0.485. The Morgan fingerprint density at radius 1 is 0.564 bits per heavy atom. The van der Waals surface area contributed by atoms with Gasteiger partial charge < -0.3 is 0 Å². The Labute approximate surface area is 322 Å². The van der Waals surface area contributed by atoms with Gasteiger partial charge in [-0.05, 0) is 0 Å². The molecule has 6 rings (SSSR count). The van der Waals surface area contributed by atoms with E-state index in [1.54, 1.807) is 72.8 Å². The van der Waals surface area contributed by atoms with Gasteiger partial charge in [-0.1, -0.05) is 36.4 Å². The second-order valence-electron chi connectivity index (χ2n) is 13.4. The van der Waals surface area contributed by atoms with Crippen LogP contribution in [-0.4, -0.2) is 25.3 Å². The molecular weight excluding hydrogens is 744 g/mol. The van der Waals surface area contributed by atoms with Crippen molar-refractivity contribution in [1.29, 1.82) is 0 Å². The van der Waals surface area contributed by atoms with Gasteiger partial charge in [-0.15, -0.1) is 0 Å². The van der Waals surface area contributed by atoms with Gasteiger partial charge in [-0.25, -0.2) is 0 Å². The molecule has 11 heteroatoms. The molecule has 2 amide bonds. The van der Waals surface area contributed by atoms with Gasteiger partial charge in [0.1, 0.15) is 0 Å². The number of allylic oxidation sites excluding steroid dienone is 8. The van der Waals surface area contributed by atoms with Crippen LogP contribution >= 0.6 is 0 Å². The minimum absolute atomic E-state index is 0.222. The van der Waals surface area contributed by atoms with Crippen LogP contribution in [0.3, 0.4) is 0 Å². The zero-order chi connectivity index (χ0) is 38.6. The Bertz CT molecular complexity index is 1970. The van der Waals surface area contributed by atoms with Crippen LogP contribution in [0.5, 0.6) is 11.5 Å². The van der Waals surface area contributed by atoms with Crippen molar-refractivity contribution in [3.8, 4) is 11.5 Å². The van der Waals surface area contributed by atoms with Crippen LogP contribution in [0.4, 0.5) is 27.2 Å². The second-order valence-corrected chi connectivity index (χ2v) is 19.3. The predicted octanol–water partition coefficient (Wildman–Crippen LogP) is 9.26. The average Bonchev–Trinajstić information content (AvgIpc) is 3.93. The number of aryl methyl sites for hydroxylation is 2. The first kappa shape index (κ1) is 39.5. The molecule has 0 unspecified atom stereocenters. The fraction of sp³-hybridized carbons (Fsp3) is 0.227. The Balaban J connectivity index is 1.23. The number of halogens is 4. The molecule has 0 saturated carbocycles. The van der Waals surface area contributed by atoms with Crippen LogP contribution in [0, 0.1) is 23.3 Å². The molecule has 0 atom stereocenters. The van der Waals surface area contributed by atoms with Crippen LogP contribution in [-0.2, 0) is 29.4 Å². The number of carbonyl (C=O) groups excluding carboxylic acids is 2. The number of rotatable bonds is 16. The van der Waals surface area contributed by atoms with Crippen LogP contribution in [0.2, 0.25) is 0 Å². The third kappa shape index (κ3) is 9.38. The minimum Gasteiger partial charge on any atom is -0.0620 e. The third-order valence-corrected chi connectivity index (χ3v) is 17.7. The fourth-order valence-electron chi connectivity index (χ4n) is 7.21. The second kappa shape index (κ2) is 18.9. The number of hydrogen-bond acceptors (Lipinski definition) is 4. The number of carbonyl (C=O) groups is 2. The molecule has 0 fully saturated rings. The Kier molecular flexibility index (Phi) is 13.6. The first-order valence-corrected chi connectivity index (χ1v) is 21.6. The molecule has 0 aliphatic heterocycles.